The molecule has 2 aromatic carbocycles. The highest BCUT2D eigenvalue weighted by molar-refractivity contribution is 6.11. The van der Waals surface area contributed by atoms with Gasteiger partial charge in [0, 0.05) is 17.2 Å². The Morgan fingerprint density at radius 3 is 2.59 bits per heavy atom. The molecule has 0 bridgehead atoms. The molecule has 2 aromatic rings. The summed E-state index contributed by atoms with van der Waals surface area (Å²) in [6.45, 7) is 4.03. The van der Waals surface area contributed by atoms with Gasteiger partial charge < -0.3 is 4.74 Å². The van der Waals surface area contributed by atoms with Crippen LogP contribution in [-0.4, -0.2) is 18.4 Å². The zero-order valence-corrected chi connectivity index (χ0v) is 12.7. The van der Waals surface area contributed by atoms with Gasteiger partial charge in [0.2, 0.25) is 0 Å². The lowest BCUT2D eigenvalue weighted by atomic mass is 9.97. The Kier molecular flexibility index (Phi) is 5.26. The molecule has 0 aliphatic carbocycles. The smallest absolute Gasteiger partial charge is 0.330 e. The van der Waals surface area contributed by atoms with E-state index in [2.05, 4.69) is 0 Å². The lowest BCUT2D eigenvalue weighted by Gasteiger charge is -2.06. The quantitative estimate of drug-likeness (QED) is 0.478. The van der Waals surface area contributed by atoms with Crippen molar-refractivity contribution in [2.24, 2.45) is 0 Å². The molecule has 0 saturated carbocycles. The maximum Gasteiger partial charge on any atom is 0.330 e. The van der Waals surface area contributed by atoms with Crippen molar-refractivity contribution in [3.8, 4) is 0 Å². The molecule has 2 rings (SSSR count). The predicted molar refractivity (Wildman–Crippen MR) is 86.7 cm³/mol. The van der Waals surface area contributed by atoms with Crippen LogP contribution < -0.4 is 0 Å². The minimum absolute atomic E-state index is 0.0622. The van der Waals surface area contributed by atoms with E-state index < -0.39 is 5.97 Å². The van der Waals surface area contributed by atoms with Gasteiger partial charge in [0.15, 0.2) is 5.78 Å². The molecule has 0 aliphatic rings. The van der Waals surface area contributed by atoms with Crippen LogP contribution in [0.1, 0.15) is 34.0 Å². The van der Waals surface area contributed by atoms with E-state index in [-0.39, 0.29) is 5.78 Å². The number of carbonyl (C=O) groups is 2. The Hall–Kier alpha value is -2.68. The van der Waals surface area contributed by atoms with Gasteiger partial charge in [-0.15, -0.1) is 0 Å². The number of esters is 1. The van der Waals surface area contributed by atoms with Gasteiger partial charge in [0.25, 0.3) is 0 Å². The molecule has 0 amide bonds. The third-order valence-corrected chi connectivity index (χ3v) is 3.17. The monoisotopic (exact) mass is 294 g/mol. The fourth-order valence-corrected chi connectivity index (χ4v) is 2.14. The standard InChI is InChI=1S/C19H18O3/c1-3-22-18(20)12-11-15-8-4-5-10-17(15)19(21)16-9-6-7-14(2)13-16/h4-13H,3H2,1-2H3. The van der Waals surface area contributed by atoms with E-state index in [1.807, 2.05) is 37.3 Å². The van der Waals surface area contributed by atoms with Crippen molar-refractivity contribution in [2.75, 3.05) is 6.61 Å². The second-order valence-corrected chi connectivity index (χ2v) is 4.87. The maximum atomic E-state index is 12.6. The molecular formula is C19H18O3. The SMILES string of the molecule is CCOC(=O)C=Cc1ccccc1C(=O)c1cccc(C)c1. The molecule has 0 spiro atoms. The third-order valence-electron chi connectivity index (χ3n) is 3.17. The summed E-state index contributed by atoms with van der Waals surface area (Å²) >= 11 is 0. The number of ketones is 1. The Bertz CT molecular complexity index is 714. The second kappa shape index (κ2) is 7.36. The van der Waals surface area contributed by atoms with Gasteiger partial charge >= 0.3 is 5.97 Å². The molecule has 112 valence electrons. The predicted octanol–water partition coefficient (Wildman–Crippen LogP) is 3.80. The van der Waals surface area contributed by atoms with Crippen LogP contribution in [0.25, 0.3) is 6.08 Å². The molecule has 0 aromatic heterocycles. The summed E-state index contributed by atoms with van der Waals surface area (Å²) in [5.74, 6) is -0.479. The summed E-state index contributed by atoms with van der Waals surface area (Å²) in [5, 5.41) is 0. The molecule has 3 heteroatoms. The minimum Gasteiger partial charge on any atom is -0.463 e. The van der Waals surface area contributed by atoms with Crippen molar-refractivity contribution in [3.05, 3.63) is 76.9 Å². The van der Waals surface area contributed by atoms with Crippen molar-refractivity contribution in [3.63, 3.8) is 0 Å². The van der Waals surface area contributed by atoms with Crippen LogP contribution >= 0.6 is 0 Å². The van der Waals surface area contributed by atoms with Crippen LogP contribution in [0, 0.1) is 6.92 Å². The zero-order valence-electron chi connectivity index (χ0n) is 12.7. The number of rotatable bonds is 5. The average Bonchev–Trinajstić information content (AvgIpc) is 2.53. The number of aryl methyl sites for hydroxylation is 1. The second-order valence-electron chi connectivity index (χ2n) is 4.87. The van der Waals surface area contributed by atoms with Gasteiger partial charge in [-0.05, 0) is 31.6 Å². The van der Waals surface area contributed by atoms with Gasteiger partial charge in [-0.2, -0.15) is 0 Å². The van der Waals surface area contributed by atoms with E-state index in [4.69, 9.17) is 4.74 Å². The fraction of sp³-hybridized carbons (Fsp3) is 0.158. The lowest BCUT2D eigenvalue weighted by molar-refractivity contribution is -0.137. The molecule has 0 unspecified atom stereocenters. The maximum absolute atomic E-state index is 12.6. The first kappa shape index (κ1) is 15.7. The van der Waals surface area contributed by atoms with Crippen molar-refractivity contribution in [1.82, 2.24) is 0 Å². The van der Waals surface area contributed by atoms with Crippen LogP contribution in [0.15, 0.2) is 54.6 Å². The van der Waals surface area contributed by atoms with Crippen molar-refractivity contribution in [2.45, 2.75) is 13.8 Å². The van der Waals surface area contributed by atoms with Crippen molar-refractivity contribution >= 4 is 17.8 Å². The van der Waals surface area contributed by atoms with E-state index in [0.717, 1.165) is 5.56 Å². The number of hydrogen-bond acceptors (Lipinski definition) is 3. The van der Waals surface area contributed by atoms with Crippen LogP contribution in [0.5, 0.6) is 0 Å². The Balaban J connectivity index is 2.32. The fourth-order valence-electron chi connectivity index (χ4n) is 2.14. The van der Waals surface area contributed by atoms with E-state index in [9.17, 15) is 9.59 Å². The first-order chi connectivity index (χ1) is 10.6. The van der Waals surface area contributed by atoms with Gasteiger partial charge in [0.1, 0.15) is 0 Å². The van der Waals surface area contributed by atoms with Crippen molar-refractivity contribution in [1.29, 1.82) is 0 Å². The first-order valence-electron chi connectivity index (χ1n) is 7.17. The van der Waals surface area contributed by atoms with E-state index in [0.29, 0.717) is 23.3 Å². The Morgan fingerprint density at radius 1 is 1.09 bits per heavy atom. The molecule has 0 N–H and O–H groups in total. The number of benzene rings is 2. The number of carbonyl (C=O) groups excluding carboxylic acids is 2. The molecule has 0 aliphatic heterocycles. The first-order valence-corrected chi connectivity index (χ1v) is 7.17. The highest BCUT2D eigenvalue weighted by Crippen LogP contribution is 2.17. The molecule has 3 nitrogen and oxygen atoms in total. The van der Waals surface area contributed by atoms with E-state index in [1.165, 1.54) is 6.08 Å². The van der Waals surface area contributed by atoms with Gasteiger partial charge in [-0.1, -0.05) is 48.0 Å². The third kappa shape index (κ3) is 3.92. The molecule has 0 saturated heterocycles. The summed E-state index contributed by atoms with van der Waals surface area (Å²) < 4.78 is 4.85. The van der Waals surface area contributed by atoms with Crippen LogP contribution in [0.4, 0.5) is 0 Å². The van der Waals surface area contributed by atoms with Gasteiger partial charge in [0.05, 0.1) is 6.61 Å². The largest absolute Gasteiger partial charge is 0.463 e. The molecule has 0 fully saturated rings. The summed E-state index contributed by atoms with van der Waals surface area (Å²) in [5.41, 5.74) is 2.93. The van der Waals surface area contributed by atoms with Crippen LogP contribution in [0.2, 0.25) is 0 Å². The van der Waals surface area contributed by atoms with E-state index >= 15 is 0 Å². The molecule has 22 heavy (non-hydrogen) atoms. The minimum atomic E-state index is -0.416. The molecule has 0 atom stereocenters. The molecule has 0 heterocycles. The topological polar surface area (TPSA) is 43.4 Å². The van der Waals surface area contributed by atoms with Crippen molar-refractivity contribution < 1.29 is 14.3 Å². The van der Waals surface area contributed by atoms with Crippen LogP contribution in [0.3, 0.4) is 0 Å². The highest BCUT2D eigenvalue weighted by Gasteiger charge is 2.12. The number of ether oxygens (including phenoxy) is 1. The Labute approximate surface area is 130 Å². The molecular weight excluding hydrogens is 276 g/mol. The summed E-state index contributed by atoms with van der Waals surface area (Å²) in [6.07, 6.45) is 2.95. The van der Waals surface area contributed by atoms with Gasteiger partial charge in [-0.25, -0.2) is 4.79 Å². The van der Waals surface area contributed by atoms with E-state index in [1.54, 1.807) is 31.2 Å². The highest BCUT2D eigenvalue weighted by atomic mass is 16.5. The average molecular weight is 294 g/mol. The lowest BCUT2D eigenvalue weighted by Crippen LogP contribution is -2.04. The summed E-state index contributed by atoms with van der Waals surface area (Å²) in [4.78, 5) is 24.1. The molecule has 0 radical (unpaired) electrons. The van der Waals surface area contributed by atoms with Gasteiger partial charge in [-0.3, -0.25) is 4.79 Å². The zero-order chi connectivity index (χ0) is 15.9. The number of hydrogen-bond donors (Lipinski definition) is 0. The normalized spacial score (nSPS) is 10.6. The summed E-state index contributed by atoms with van der Waals surface area (Å²) in [6, 6.07) is 14.7. The van der Waals surface area contributed by atoms with Crippen LogP contribution in [-0.2, 0) is 9.53 Å². The summed E-state index contributed by atoms with van der Waals surface area (Å²) in [7, 11) is 0. The Morgan fingerprint density at radius 2 is 1.86 bits per heavy atom.